The number of hydrogen-bond acceptors (Lipinski definition) is 7. The summed E-state index contributed by atoms with van der Waals surface area (Å²) in [5.41, 5.74) is -1.40. The molecule has 0 aliphatic rings. The lowest BCUT2D eigenvalue weighted by Gasteiger charge is -2.09. The minimum Gasteiger partial charge on any atom is -0.423 e. The Morgan fingerprint density at radius 2 is 1.87 bits per heavy atom. The highest BCUT2D eigenvalue weighted by molar-refractivity contribution is 6.33. The average Bonchev–Trinajstić information content (AvgIpc) is 2.66. The number of rotatable bonds is 5. The number of benzene rings is 2. The molecule has 1 aromatic heterocycles. The number of esters is 1. The van der Waals surface area contributed by atoms with E-state index < -0.39 is 22.4 Å². The third kappa shape index (κ3) is 4.47. The summed E-state index contributed by atoms with van der Waals surface area (Å²) in [5.74, 6) is -1.45. The number of non-ortho nitro benzene ring substituents is 1. The van der Waals surface area contributed by atoms with Crippen LogP contribution in [0.25, 0.3) is 11.0 Å². The van der Waals surface area contributed by atoms with Gasteiger partial charge in [-0.05, 0) is 38.1 Å². The van der Waals surface area contributed by atoms with Gasteiger partial charge in [-0.2, -0.15) is 0 Å². The van der Waals surface area contributed by atoms with Crippen molar-refractivity contribution in [3.63, 3.8) is 0 Å². The molecule has 3 aromatic rings. The Labute approximate surface area is 174 Å². The molecule has 10 heteroatoms. The first-order valence-electron chi connectivity index (χ1n) is 8.70. The second kappa shape index (κ2) is 8.34. The summed E-state index contributed by atoms with van der Waals surface area (Å²) < 4.78 is 10.4. The zero-order valence-electron chi connectivity index (χ0n) is 15.8. The molecular formula is C20H15ClN2O7. The second-order valence-corrected chi connectivity index (χ2v) is 6.99. The number of hydrogen-bond donors (Lipinski definition) is 1. The summed E-state index contributed by atoms with van der Waals surface area (Å²) in [6.45, 7) is 3.52. The van der Waals surface area contributed by atoms with Crippen LogP contribution in [0.1, 0.15) is 34.6 Å². The van der Waals surface area contributed by atoms with Crippen molar-refractivity contribution in [2.24, 2.45) is 0 Å². The third-order valence-corrected chi connectivity index (χ3v) is 4.29. The van der Waals surface area contributed by atoms with E-state index in [1.54, 1.807) is 13.8 Å². The van der Waals surface area contributed by atoms with Crippen molar-refractivity contribution in [1.29, 1.82) is 0 Å². The number of fused-ring (bicyclic) bond motifs is 1. The first-order chi connectivity index (χ1) is 14.2. The van der Waals surface area contributed by atoms with Crippen LogP contribution < -0.4 is 15.7 Å². The SMILES string of the molecule is CC(C)NC(=O)c1cc2ccc(OC(=O)c3cc([N+](=O)[O-])ccc3Cl)cc2oc1=O. The average molecular weight is 431 g/mol. The van der Waals surface area contributed by atoms with Crippen molar-refractivity contribution in [3.8, 4) is 5.75 Å². The molecule has 1 amide bonds. The molecule has 9 nitrogen and oxygen atoms in total. The van der Waals surface area contributed by atoms with Gasteiger partial charge in [0.15, 0.2) is 0 Å². The number of nitrogens with one attached hydrogen (secondary N) is 1. The Hall–Kier alpha value is -3.72. The minimum absolute atomic E-state index is 0.0151. The van der Waals surface area contributed by atoms with E-state index in [4.69, 9.17) is 20.8 Å². The standard InChI is InChI=1S/C20H15ClN2O7/c1-10(2)22-18(24)15-7-11-3-5-13(9-17(11)30-20(15)26)29-19(25)14-8-12(23(27)28)4-6-16(14)21/h3-10H,1-2H3,(H,22,24). The summed E-state index contributed by atoms with van der Waals surface area (Å²) in [6.07, 6.45) is 0. The Bertz CT molecular complexity index is 1230. The molecule has 0 aliphatic heterocycles. The van der Waals surface area contributed by atoms with E-state index in [-0.39, 0.29) is 39.2 Å². The smallest absolute Gasteiger partial charge is 0.349 e. The van der Waals surface area contributed by atoms with E-state index in [0.29, 0.717) is 5.39 Å². The van der Waals surface area contributed by atoms with E-state index in [9.17, 15) is 24.5 Å². The van der Waals surface area contributed by atoms with Crippen LogP contribution in [0.15, 0.2) is 51.7 Å². The van der Waals surface area contributed by atoms with Crippen molar-refractivity contribution in [3.05, 3.63) is 79.1 Å². The maximum Gasteiger partial charge on any atom is 0.349 e. The quantitative estimate of drug-likeness (QED) is 0.215. The Kier molecular flexibility index (Phi) is 5.84. The maximum absolute atomic E-state index is 12.4. The van der Waals surface area contributed by atoms with Crippen LogP contribution in [0.2, 0.25) is 5.02 Å². The fraction of sp³-hybridized carbons (Fsp3) is 0.150. The Balaban J connectivity index is 1.90. The number of halogens is 1. The first-order valence-corrected chi connectivity index (χ1v) is 9.08. The lowest BCUT2D eigenvalue weighted by molar-refractivity contribution is -0.384. The summed E-state index contributed by atoms with van der Waals surface area (Å²) in [6, 6.07) is 8.83. The summed E-state index contributed by atoms with van der Waals surface area (Å²) in [5, 5.41) is 13.9. The molecule has 1 N–H and O–H groups in total. The van der Waals surface area contributed by atoms with Crippen molar-refractivity contribution in [1.82, 2.24) is 5.32 Å². The van der Waals surface area contributed by atoms with Crippen molar-refractivity contribution < 1.29 is 23.7 Å². The van der Waals surface area contributed by atoms with Crippen LogP contribution in [-0.4, -0.2) is 22.8 Å². The third-order valence-electron chi connectivity index (χ3n) is 3.96. The summed E-state index contributed by atoms with van der Waals surface area (Å²) in [7, 11) is 0. The molecule has 0 unspecified atom stereocenters. The normalized spacial score (nSPS) is 10.8. The molecule has 0 saturated heterocycles. The molecule has 3 rings (SSSR count). The maximum atomic E-state index is 12.4. The topological polar surface area (TPSA) is 129 Å². The predicted octanol–water partition coefficient (Wildman–Crippen LogP) is 3.71. The predicted molar refractivity (Wildman–Crippen MR) is 108 cm³/mol. The lowest BCUT2D eigenvalue weighted by Crippen LogP contribution is -2.33. The van der Waals surface area contributed by atoms with Gasteiger partial charge in [0.1, 0.15) is 16.9 Å². The molecule has 1 heterocycles. The molecule has 30 heavy (non-hydrogen) atoms. The van der Waals surface area contributed by atoms with Gasteiger partial charge in [0.25, 0.3) is 11.6 Å². The monoisotopic (exact) mass is 430 g/mol. The molecular weight excluding hydrogens is 416 g/mol. The zero-order valence-corrected chi connectivity index (χ0v) is 16.6. The number of carbonyl (C=O) groups excluding carboxylic acids is 2. The largest absolute Gasteiger partial charge is 0.423 e. The number of ether oxygens (including phenoxy) is 1. The van der Waals surface area contributed by atoms with Crippen LogP contribution in [0.5, 0.6) is 5.75 Å². The van der Waals surface area contributed by atoms with Gasteiger partial charge in [-0.15, -0.1) is 0 Å². The second-order valence-electron chi connectivity index (χ2n) is 6.59. The number of nitro benzene ring substituents is 1. The highest BCUT2D eigenvalue weighted by Crippen LogP contribution is 2.25. The molecule has 0 atom stereocenters. The zero-order chi connectivity index (χ0) is 22.0. The van der Waals surface area contributed by atoms with Gasteiger partial charge in [-0.25, -0.2) is 9.59 Å². The highest BCUT2D eigenvalue weighted by Gasteiger charge is 2.19. The van der Waals surface area contributed by atoms with Gasteiger partial charge in [-0.1, -0.05) is 11.6 Å². The molecule has 0 aliphatic carbocycles. The van der Waals surface area contributed by atoms with E-state index in [1.807, 2.05) is 0 Å². The van der Waals surface area contributed by atoms with Crippen molar-refractivity contribution >= 4 is 40.1 Å². The summed E-state index contributed by atoms with van der Waals surface area (Å²) >= 11 is 5.94. The molecule has 0 radical (unpaired) electrons. The first kappa shape index (κ1) is 21.0. The van der Waals surface area contributed by atoms with Crippen LogP contribution in [0.3, 0.4) is 0 Å². The number of nitrogens with zero attached hydrogens (tertiary/aromatic N) is 1. The number of carbonyl (C=O) groups is 2. The van der Waals surface area contributed by atoms with Crippen molar-refractivity contribution in [2.45, 2.75) is 19.9 Å². The molecule has 154 valence electrons. The van der Waals surface area contributed by atoms with Crippen LogP contribution >= 0.6 is 11.6 Å². The van der Waals surface area contributed by atoms with E-state index >= 15 is 0 Å². The Morgan fingerprint density at radius 1 is 1.13 bits per heavy atom. The number of nitro groups is 1. The van der Waals surface area contributed by atoms with Crippen molar-refractivity contribution in [2.75, 3.05) is 0 Å². The van der Waals surface area contributed by atoms with Crippen LogP contribution in [0, 0.1) is 10.1 Å². The van der Waals surface area contributed by atoms with Crippen LogP contribution in [-0.2, 0) is 0 Å². The van der Waals surface area contributed by atoms with Gasteiger partial charge in [0, 0.05) is 29.6 Å². The number of amides is 1. The van der Waals surface area contributed by atoms with E-state index in [0.717, 1.165) is 12.1 Å². The highest BCUT2D eigenvalue weighted by atomic mass is 35.5. The molecule has 2 aromatic carbocycles. The van der Waals surface area contributed by atoms with Gasteiger partial charge in [0.05, 0.1) is 15.5 Å². The fourth-order valence-corrected chi connectivity index (χ4v) is 2.79. The minimum atomic E-state index is -0.918. The van der Waals surface area contributed by atoms with Gasteiger partial charge in [0.2, 0.25) is 0 Å². The van der Waals surface area contributed by atoms with E-state index in [1.165, 1.54) is 30.3 Å². The fourth-order valence-electron chi connectivity index (χ4n) is 2.60. The molecule has 0 spiro atoms. The van der Waals surface area contributed by atoms with Gasteiger partial charge >= 0.3 is 11.6 Å². The molecule has 0 fully saturated rings. The molecule has 0 saturated carbocycles. The van der Waals surface area contributed by atoms with Gasteiger partial charge in [-0.3, -0.25) is 14.9 Å². The molecule has 0 bridgehead atoms. The van der Waals surface area contributed by atoms with E-state index in [2.05, 4.69) is 5.32 Å². The lowest BCUT2D eigenvalue weighted by atomic mass is 10.1. The summed E-state index contributed by atoms with van der Waals surface area (Å²) in [4.78, 5) is 46.9. The Morgan fingerprint density at radius 3 is 2.53 bits per heavy atom. The van der Waals surface area contributed by atoms with Gasteiger partial charge < -0.3 is 14.5 Å². The van der Waals surface area contributed by atoms with Crippen LogP contribution in [0.4, 0.5) is 5.69 Å².